The van der Waals surface area contributed by atoms with E-state index in [0.29, 0.717) is 22.3 Å². The Morgan fingerprint density at radius 1 is 0.325 bits per heavy atom. The number of nitrogen functional groups attached to an aromatic ring is 4. The van der Waals surface area contributed by atoms with Crippen molar-refractivity contribution in [1.82, 2.24) is 0 Å². The van der Waals surface area contributed by atoms with Gasteiger partial charge in [-0.2, -0.15) is 0 Å². The average molecular weight is 529 g/mol. The van der Waals surface area contributed by atoms with Crippen LogP contribution in [0.4, 0.5) is 0 Å². The minimum absolute atomic E-state index is 0.0244. The molecule has 1 fully saturated rings. The Morgan fingerprint density at radius 3 is 0.600 bits per heavy atom. The van der Waals surface area contributed by atoms with Crippen molar-refractivity contribution in [3.05, 3.63) is 142 Å². The van der Waals surface area contributed by atoms with E-state index in [9.17, 15) is 0 Å². The second-order valence-electron chi connectivity index (χ2n) is 10.2. The van der Waals surface area contributed by atoms with Gasteiger partial charge >= 0.3 is 0 Å². The number of rotatable bonds is 8. The van der Waals surface area contributed by atoms with Gasteiger partial charge in [0.25, 0.3) is 0 Å². The van der Waals surface area contributed by atoms with Gasteiger partial charge in [-0.05, 0) is 45.9 Å². The molecule has 1 aliphatic carbocycles. The van der Waals surface area contributed by atoms with Crippen LogP contribution in [0.5, 0.6) is 0 Å². The molecule has 40 heavy (non-hydrogen) atoms. The van der Waals surface area contributed by atoms with Crippen LogP contribution in [-0.4, -0.2) is 23.3 Å². The molecule has 0 atom stereocenters. The summed E-state index contributed by atoms with van der Waals surface area (Å²) in [4.78, 5) is 0. The van der Waals surface area contributed by atoms with Gasteiger partial charge in [0.05, 0.1) is 0 Å². The number of nitrogens with one attached hydrogen (secondary N) is 4. The third-order valence-electron chi connectivity index (χ3n) is 7.97. The highest BCUT2D eigenvalue weighted by atomic mass is 14.7. The molecule has 0 aliphatic heterocycles. The Labute approximate surface area is 233 Å². The maximum absolute atomic E-state index is 7.82. The third-order valence-corrected chi connectivity index (χ3v) is 7.97. The molecule has 5 rings (SSSR count). The predicted molar refractivity (Wildman–Crippen MR) is 161 cm³/mol. The molecule has 0 saturated heterocycles. The maximum Gasteiger partial charge on any atom is 0.122 e. The SMILES string of the molecule is N=C(N)c1ccc(C2C(c3ccc(C(=N)N)cc3)C(c3ccc(C(=N)N)cc3)C2c2ccc(C(=N)N)cc2)cc1. The van der Waals surface area contributed by atoms with Crippen molar-refractivity contribution in [2.45, 2.75) is 23.7 Å². The van der Waals surface area contributed by atoms with Crippen molar-refractivity contribution >= 4 is 23.3 Å². The van der Waals surface area contributed by atoms with E-state index in [1.54, 1.807) is 0 Å². The lowest BCUT2D eigenvalue weighted by molar-refractivity contribution is 0.229. The summed E-state index contributed by atoms with van der Waals surface area (Å²) in [5.41, 5.74) is 30.1. The van der Waals surface area contributed by atoms with E-state index in [4.69, 9.17) is 44.6 Å². The molecule has 0 unspecified atom stereocenters. The van der Waals surface area contributed by atoms with Crippen LogP contribution in [0.1, 0.15) is 68.2 Å². The van der Waals surface area contributed by atoms with Gasteiger partial charge in [-0.3, -0.25) is 21.6 Å². The topological polar surface area (TPSA) is 199 Å². The van der Waals surface area contributed by atoms with Crippen molar-refractivity contribution in [3.8, 4) is 0 Å². The molecule has 0 heterocycles. The van der Waals surface area contributed by atoms with E-state index in [0.717, 1.165) is 22.3 Å². The van der Waals surface area contributed by atoms with E-state index in [2.05, 4.69) is 0 Å². The summed E-state index contributed by atoms with van der Waals surface area (Å²) in [5.74, 6) is 0.449. The minimum atomic E-state index is 0.0244. The van der Waals surface area contributed by atoms with Crippen LogP contribution in [0.3, 0.4) is 0 Å². The van der Waals surface area contributed by atoms with Gasteiger partial charge in [-0.25, -0.2) is 0 Å². The van der Waals surface area contributed by atoms with Crippen LogP contribution in [0, 0.1) is 21.6 Å². The zero-order chi connectivity index (χ0) is 28.6. The summed E-state index contributed by atoms with van der Waals surface area (Å²) in [6.45, 7) is 0. The summed E-state index contributed by atoms with van der Waals surface area (Å²) >= 11 is 0. The Hall–Kier alpha value is -5.24. The van der Waals surface area contributed by atoms with Crippen LogP contribution < -0.4 is 22.9 Å². The van der Waals surface area contributed by atoms with Gasteiger partial charge in [0.1, 0.15) is 23.3 Å². The zero-order valence-electron chi connectivity index (χ0n) is 21.9. The largest absolute Gasteiger partial charge is 0.384 e. The van der Waals surface area contributed by atoms with Crippen molar-refractivity contribution in [3.63, 3.8) is 0 Å². The van der Waals surface area contributed by atoms with Crippen molar-refractivity contribution in [2.75, 3.05) is 0 Å². The Morgan fingerprint density at radius 2 is 0.475 bits per heavy atom. The zero-order valence-corrected chi connectivity index (χ0v) is 21.9. The molecule has 4 aromatic carbocycles. The van der Waals surface area contributed by atoms with Gasteiger partial charge in [-0.15, -0.1) is 0 Å². The summed E-state index contributed by atoms with van der Waals surface area (Å²) in [6.07, 6.45) is 0. The summed E-state index contributed by atoms with van der Waals surface area (Å²) in [5, 5.41) is 31.3. The molecule has 8 nitrogen and oxygen atoms in total. The monoisotopic (exact) mass is 528 g/mol. The van der Waals surface area contributed by atoms with E-state index in [1.165, 1.54) is 0 Å². The first-order chi connectivity index (χ1) is 19.2. The molecular weight excluding hydrogens is 496 g/mol. The minimum Gasteiger partial charge on any atom is -0.384 e. The van der Waals surface area contributed by atoms with Crippen LogP contribution >= 0.6 is 0 Å². The molecule has 1 aliphatic rings. The molecule has 0 bridgehead atoms. The van der Waals surface area contributed by atoms with Crippen LogP contribution in [-0.2, 0) is 0 Å². The van der Waals surface area contributed by atoms with Crippen LogP contribution in [0.2, 0.25) is 0 Å². The van der Waals surface area contributed by atoms with Gasteiger partial charge < -0.3 is 22.9 Å². The molecule has 1 saturated carbocycles. The fourth-order valence-electron chi connectivity index (χ4n) is 5.95. The van der Waals surface area contributed by atoms with E-state index in [1.807, 2.05) is 97.1 Å². The number of benzene rings is 4. The normalized spacial score (nSPS) is 19.8. The fraction of sp³-hybridized carbons (Fsp3) is 0.125. The number of hydrogen-bond acceptors (Lipinski definition) is 4. The smallest absolute Gasteiger partial charge is 0.122 e. The van der Waals surface area contributed by atoms with E-state index < -0.39 is 0 Å². The summed E-state index contributed by atoms with van der Waals surface area (Å²) < 4.78 is 0. The number of nitrogens with two attached hydrogens (primary N) is 4. The average Bonchev–Trinajstić information content (AvgIpc) is 2.93. The number of amidine groups is 4. The number of hydrogen-bond donors (Lipinski definition) is 8. The highest BCUT2D eigenvalue weighted by Crippen LogP contribution is 2.66. The van der Waals surface area contributed by atoms with Gasteiger partial charge in [0.2, 0.25) is 0 Å². The third kappa shape index (κ3) is 4.82. The molecule has 200 valence electrons. The molecule has 12 N–H and O–H groups in total. The molecule has 0 spiro atoms. The fourth-order valence-corrected chi connectivity index (χ4v) is 5.95. The lowest BCUT2D eigenvalue weighted by atomic mass is 9.49. The Balaban J connectivity index is 1.67. The van der Waals surface area contributed by atoms with Crippen molar-refractivity contribution in [2.24, 2.45) is 22.9 Å². The summed E-state index contributed by atoms with van der Waals surface area (Å²) in [6, 6.07) is 31.5. The quantitative estimate of drug-likeness (QED) is 0.125. The molecule has 4 aromatic rings. The molecule has 0 amide bonds. The summed E-state index contributed by atoms with van der Waals surface area (Å²) in [7, 11) is 0. The molecule has 0 radical (unpaired) electrons. The predicted octanol–water partition coefficient (Wildman–Crippen LogP) is 4.27. The first kappa shape index (κ1) is 26.4. The standard InChI is InChI=1S/C32H32N8/c33-29(34)21-9-1-17(2-10-21)25-26(18-3-11-22(12-4-18)30(35)36)28(20-7-15-24(16-8-20)32(39)40)27(25)19-5-13-23(14-6-19)31(37)38/h1-16,25-28H,(H3,33,34)(H3,35,36)(H3,37,38)(H3,39,40). The first-order valence-electron chi connectivity index (χ1n) is 12.9. The van der Waals surface area contributed by atoms with E-state index in [-0.39, 0.29) is 47.0 Å². The van der Waals surface area contributed by atoms with Gasteiger partial charge in [0.15, 0.2) is 0 Å². The Bertz CT molecular complexity index is 1330. The molecule has 8 heteroatoms. The lowest BCUT2D eigenvalue weighted by Crippen LogP contribution is -2.40. The van der Waals surface area contributed by atoms with Crippen LogP contribution in [0.15, 0.2) is 97.1 Å². The molecule has 0 aromatic heterocycles. The highest BCUT2D eigenvalue weighted by molar-refractivity contribution is 5.96. The highest BCUT2D eigenvalue weighted by Gasteiger charge is 2.52. The van der Waals surface area contributed by atoms with E-state index >= 15 is 0 Å². The second kappa shape index (κ2) is 10.5. The first-order valence-corrected chi connectivity index (χ1v) is 12.9. The maximum atomic E-state index is 7.82. The second-order valence-corrected chi connectivity index (χ2v) is 10.2. The molecular formula is C32H32N8. The Kier molecular flexibility index (Phi) is 6.92. The van der Waals surface area contributed by atoms with Crippen molar-refractivity contribution in [1.29, 1.82) is 21.6 Å². The van der Waals surface area contributed by atoms with Gasteiger partial charge in [-0.1, -0.05) is 97.1 Å². The lowest BCUT2D eigenvalue weighted by Gasteiger charge is -2.54. The van der Waals surface area contributed by atoms with Crippen LogP contribution in [0.25, 0.3) is 0 Å². The van der Waals surface area contributed by atoms with Gasteiger partial charge in [0, 0.05) is 22.3 Å². The van der Waals surface area contributed by atoms with Crippen molar-refractivity contribution < 1.29 is 0 Å².